The van der Waals surface area contributed by atoms with Crippen LogP contribution in [0.15, 0.2) is 23.0 Å². The monoisotopic (exact) mass is 403 g/mol. The highest BCUT2D eigenvalue weighted by Gasteiger charge is 2.15. The minimum absolute atomic E-state index is 0.0543. The number of fused-ring (bicyclic) bond motifs is 1. The lowest BCUT2D eigenvalue weighted by molar-refractivity contribution is 0.0649. The van der Waals surface area contributed by atoms with Crippen molar-refractivity contribution in [2.45, 2.75) is 43.1 Å². The average Bonchev–Trinajstić information content (AvgIpc) is 2.74. The fraction of sp³-hybridized carbons (Fsp3) is 0.619. The van der Waals surface area contributed by atoms with E-state index in [1.165, 1.54) is 0 Å². The zero-order valence-electron chi connectivity index (χ0n) is 16.2. The Bertz CT molecular complexity index is 829. The SMILES string of the molecule is O=c1[nH]c(CSC2CCOCC2)nc2cc(NCCC3CCOCC3)ccc12. The molecule has 2 aliphatic rings. The summed E-state index contributed by atoms with van der Waals surface area (Å²) in [5.41, 5.74) is 1.74. The number of nitrogens with zero attached hydrogens (tertiary/aromatic N) is 1. The predicted molar refractivity (Wildman–Crippen MR) is 114 cm³/mol. The second-order valence-corrected chi connectivity index (χ2v) is 8.93. The van der Waals surface area contributed by atoms with E-state index >= 15 is 0 Å². The average molecular weight is 404 g/mol. The lowest BCUT2D eigenvalue weighted by Crippen LogP contribution is -2.19. The van der Waals surface area contributed by atoms with Crippen LogP contribution < -0.4 is 10.9 Å². The first-order valence-electron chi connectivity index (χ1n) is 10.3. The van der Waals surface area contributed by atoms with Crippen molar-refractivity contribution in [3.8, 4) is 0 Å². The van der Waals surface area contributed by atoms with Crippen LogP contribution in [0, 0.1) is 5.92 Å². The molecule has 0 radical (unpaired) electrons. The van der Waals surface area contributed by atoms with Gasteiger partial charge in [0.25, 0.3) is 5.56 Å². The number of aromatic nitrogens is 2. The van der Waals surface area contributed by atoms with E-state index < -0.39 is 0 Å². The van der Waals surface area contributed by atoms with E-state index in [9.17, 15) is 4.79 Å². The van der Waals surface area contributed by atoms with Gasteiger partial charge >= 0.3 is 0 Å². The van der Waals surface area contributed by atoms with Gasteiger partial charge in [0.2, 0.25) is 0 Å². The van der Waals surface area contributed by atoms with E-state index in [1.54, 1.807) is 0 Å². The number of aromatic amines is 1. The van der Waals surface area contributed by atoms with Gasteiger partial charge in [-0.15, -0.1) is 0 Å². The molecule has 0 bridgehead atoms. The van der Waals surface area contributed by atoms with Gasteiger partial charge in [-0.25, -0.2) is 4.98 Å². The summed E-state index contributed by atoms with van der Waals surface area (Å²) in [6.07, 6.45) is 5.61. The zero-order valence-corrected chi connectivity index (χ0v) is 17.1. The molecule has 2 fully saturated rings. The van der Waals surface area contributed by atoms with Gasteiger partial charge in [0, 0.05) is 43.9 Å². The Morgan fingerprint density at radius 3 is 2.64 bits per heavy atom. The molecule has 28 heavy (non-hydrogen) atoms. The van der Waals surface area contributed by atoms with E-state index in [0.717, 1.165) is 93.8 Å². The third-order valence-corrected chi connectivity index (χ3v) is 6.99. The molecule has 0 atom stereocenters. The van der Waals surface area contributed by atoms with Gasteiger partial charge in [0.15, 0.2) is 0 Å². The maximum atomic E-state index is 12.4. The smallest absolute Gasteiger partial charge is 0.258 e. The molecule has 2 N–H and O–H groups in total. The maximum Gasteiger partial charge on any atom is 0.258 e. The summed E-state index contributed by atoms with van der Waals surface area (Å²) in [6, 6.07) is 5.84. The highest BCUT2D eigenvalue weighted by Crippen LogP contribution is 2.25. The lowest BCUT2D eigenvalue weighted by Gasteiger charge is -2.22. The predicted octanol–water partition coefficient (Wildman–Crippen LogP) is 3.56. The molecule has 1 aromatic heterocycles. The Balaban J connectivity index is 1.38. The Labute approximate surface area is 169 Å². The number of benzene rings is 1. The van der Waals surface area contributed by atoms with Crippen LogP contribution in [-0.4, -0.2) is 48.2 Å². The molecular formula is C21H29N3O3S. The van der Waals surface area contributed by atoms with Crippen molar-refractivity contribution in [1.29, 1.82) is 0 Å². The molecule has 2 aliphatic heterocycles. The van der Waals surface area contributed by atoms with Gasteiger partial charge in [-0.2, -0.15) is 11.8 Å². The zero-order chi connectivity index (χ0) is 19.2. The van der Waals surface area contributed by atoms with Crippen molar-refractivity contribution in [2.24, 2.45) is 5.92 Å². The number of thioether (sulfide) groups is 1. The van der Waals surface area contributed by atoms with Gasteiger partial charge in [-0.1, -0.05) is 0 Å². The Kier molecular flexibility index (Phi) is 6.88. The Morgan fingerprint density at radius 2 is 1.86 bits per heavy atom. The van der Waals surface area contributed by atoms with E-state index in [-0.39, 0.29) is 5.56 Å². The number of anilines is 1. The number of hydrogen-bond donors (Lipinski definition) is 2. The van der Waals surface area contributed by atoms with Crippen LogP contribution in [0.2, 0.25) is 0 Å². The van der Waals surface area contributed by atoms with Crippen LogP contribution in [-0.2, 0) is 15.2 Å². The van der Waals surface area contributed by atoms with Crippen molar-refractivity contribution in [1.82, 2.24) is 9.97 Å². The highest BCUT2D eigenvalue weighted by atomic mass is 32.2. The molecule has 2 saturated heterocycles. The van der Waals surface area contributed by atoms with Gasteiger partial charge < -0.3 is 19.8 Å². The fourth-order valence-corrected chi connectivity index (χ4v) is 4.92. The van der Waals surface area contributed by atoms with E-state index in [0.29, 0.717) is 10.6 Å². The van der Waals surface area contributed by atoms with Crippen LogP contribution >= 0.6 is 11.8 Å². The largest absolute Gasteiger partial charge is 0.385 e. The summed E-state index contributed by atoms with van der Waals surface area (Å²) in [5, 5.41) is 4.73. The number of rotatable bonds is 7. The second kappa shape index (κ2) is 9.76. The van der Waals surface area contributed by atoms with Gasteiger partial charge in [-0.05, 0) is 56.2 Å². The molecule has 0 aliphatic carbocycles. The molecular weight excluding hydrogens is 374 g/mol. The van der Waals surface area contributed by atoms with Gasteiger partial charge in [0.1, 0.15) is 5.82 Å². The van der Waals surface area contributed by atoms with Gasteiger partial charge in [0.05, 0.1) is 16.7 Å². The number of nitrogens with one attached hydrogen (secondary N) is 2. The third-order valence-electron chi connectivity index (χ3n) is 5.60. The van der Waals surface area contributed by atoms with Crippen molar-refractivity contribution in [3.63, 3.8) is 0 Å². The molecule has 2 aromatic rings. The van der Waals surface area contributed by atoms with Crippen LogP contribution in [0.1, 0.15) is 37.9 Å². The summed E-state index contributed by atoms with van der Waals surface area (Å²) in [5.74, 6) is 2.24. The molecule has 152 valence electrons. The van der Waals surface area contributed by atoms with Crippen molar-refractivity contribution in [2.75, 3.05) is 38.3 Å². The molecule has 0 unspecified atom stereocenters. The van der Waals surface area contributed by atoms with E-state index in [1.807, 2.05) is 30.0 Å². The number of ether oxygens (including phenoxy) is 2. The van der Waals surface area contributed by atoms with E-state index in [2.05, 4.69) is 10.3 Å². The summed E-state index contributed by atoms with van der Waals surface area (Å²) in [7, 11) is 0. The minimum atomic E-state index is -0.0543. The molecule has 6 nitrogen and oxygen atoms in total. The second-order valence-electron chi connectivity index (χ2n) is 7.64. The number of H-pyrrole nitrogens is 1. The summed E-state index contributed by atoms with van der Waals surface area (Å²) in [4.78, 5) is 20.1. The van der Waals surface area contributed by atoms with Crippen LogP contribution in [0.25, 0.3) is 10.9 Å². The van der Waals surface area contributed by atoms with Crippen LogP contribution in [0.3, 0.4) is 0 Å². The summed E-state index contributed by atoms with van der Waals surface area (Å²) < 4.78 is 10.8. The quantitative estimate of drug-likeness (QED) is 0.736. The maximum absolute atomic E-state index is 12.4. The first kappa shape index (κ1) is 19.7. The molecule has 7 heteroatoms. The molecule has 0 saturated carbocycles. The van der Waals surface area contributed by atoms with Crippen molar-refractivity contribution < 1.29 is 9.47 Å². The highest BCUT2D eigenvalue weighted by molar-refractivity contribution is 7.99. The lowest BCUT2D eigenvalue weighted by atomic mass is 9.97. The third kappa shape index (κ3) is 5.27. The Morgan fingerprint density at radius 1 is 1.11 bits per heavy atom. The number of hydrogen-bond acceptors (Lipinski definition) is 6. The fourth-order valence-electron chi connectivity index (χ4n) is 3.86. The van der Waals surface area contributed by atoms with Gasteiger partial charge in [-0.3, -0.25) is 4.79 Å². The first-order valence-corrected chi connectivity index (χ1v) is 11.4. The standard InChI is InChI=1S/C21H29N3O3S/c25-21-18-2-1-16(22-8-3-15-4-9-26-10-5-15)13-19(18)23-20(24-21)14-28-17-6-11-27-12-7-17/h1-2,13,15,17,22H,3-12,14H2,(H,23,24,25). The summed E-state index contributed by atoms with van der Waals surface area (Å²) >= 11 is 1.86. The van der Waals surface area contributed by atoms with E-state index in [4.69, 9.17) is 14.5 Å². The molecule has 0 amide bonds. The van der Waals surface area contributed by atoms with Crippen molar-refractivity contribution in [3.05, 3.63) is 34.4 Å². The van der Waals surface area contributed by atoms with Crippen LogP contribution in [0.5, 0.6) is 0 Å². The normalized spacial score (nSPS) is 19.1. The van der Waals surface area contributed by atoms with Crippen LogP contribution in [0.4, 0.5) is 5.69 Å². The van der Waals surface area contributed by atoms with Crippen molar-refractivity contribution >= 4 is 28.4 Å². The Hall–Kier alpha value is -1.57. The summed E-state index contributed by atoms with van der Waals surface area (Å²) in [6.45, 7) is 4.39. The topological polar surface area (TPSA) is 76.2 Å². The molecule has 3 heterocycles. The molecule has 1 aromatic carbocycles. The minimum Gasteiger partial charge on any atom is -0.385 e. The first-order chi connectivity index (χ1) is 13.8. The molecule has 4 rings (SSSR count). The molecule has 0 spiro atoms.